The molecule has 5 nitrogen and oxygen atoms in total. The summed E-state index contributed by atoms with van der Waals surface area (Å²) in [6, 6.07) is 19.5. The molecule has 3 aromatic rings. The van der Waals surface area contributed by atoms with Gasteiger partial charge in [-0.05, 0) is 19.1 Å². The van der Waals surface area contributed by atoms with Gasteiger partial charge in [0, 0.05) is 25.3 Å². The van der Waals surface area contributed by atoms with E-state index >= 15 is 0 Å². The zero-order chi connectivity index (χ0) is 17.8. The first-order valence-corrected chi connectivity index (χ1v) is 8.90. The second kappa shape index (κ2) is 7.53. The summed E-state index contributed by atoms with van der Waals surface area (Å²) in [5.41, 5.74) is 1.88. The van der Waals surface area contributed by atoms with Crippen molar-refractivity contribution in [3.8, 4) is 11.4 Å². The largest absolute Gasteiger partial charge is 0.315 e. The van der Waals surface area contributed by atoms with Crippen molar-refractivity contribution < 1.29 is 4.79 Å². The van der Waals surface area contributed by atoms with Crippen molar-refractivity contribution in [1.29, 1.82) is 0 Å². The Morgan fingerprint density at radius 3 is 2.28 bits per heavy atom. The summed E-state index contributed by atoms with van der Waals surface area (Å²) in [6.45, 7) is 1.89. The van der Waals surface area contributed by atoms with E-state index in [1.807, 2.05) is 79.2 Å². The van der Waals surface area contributed by atoms with E-state index in [0.717, 1.165) is 22.2 Å². The average Bonchev–Trinajstić information content (AvgIpc) is 3.02. The summed E-state index contributed by atoms with van der Waals surface area (Å²) in [6.07, 6.45) is 0. The minimum absolute atomic E-state index is 0.0282. The van der Waals surface area contributed by atoms with Gasteiger partial charge in [0.15, 0.2) is 11.0 Å². The molecular weight excluding hydrogens is 332 g/mol. The Labute approximate surface area is 151 Å². The van der Waals surface area contributed by atoms with Crippen LogP contribution in [-0.4, -0.2) is 33.0 Å². The van der Waals surface area contributed by atoms with Gasteiger partial charge in [0.2, 0.25) is 5.91 Å². The second-order valence-corrected chi connectivity index (χ2v) is 7.03. The molecule has 0 N–H and O–H groups in total. The maximum absolute atomic E-state index is 12.7. The van der Waals surface area contributed by atoms with E-state index in [2.05, 4.69) is 10.2 Å². The average molecular weight is 352 g/mol. The molecule has 128 valence electrons. The molecule has 2 aromatic carbocycles. The molecule has 1 unspecified atom stereocenters. The van der Waals surface area contributed by atoms with E-state index < -0.39 is 0 Å². The molecule has 1 atom stereocenters. The zero-order valence-electron chi connectivity index (χ0n) is 14.5. The van der Waals surface area contributed by atoms with Gasteiger partial charge in [-0.2, -0.15) is 0 Å². The lowest BCUT2D eigenvalue weighted by Crippen LogP contribution is -2.33. The van der Waals surface area contributed by atoms with Crippen LogP contribution >= 0.6 is 11.8 Å². The first-order chi connectivity index (χ1) is 12.1. The van der Waals surface area contributed by atoms with Gasteiger partial charge < -0.3 is 9.47 Å². The Kier molecular flexibility index (Phi) is 5.19. The summed E-state index contributed by atoms with van der Waals surface area (Å²) < 4.78 is 1.92. The predicted octanol–water partition coefficient (Wildman–Crippen LogP) is 3.63. The molecule has 25 heavy (non-hydrogen) atoms. The van der Waals surface area contributed by atoms with Crippen LogP contribution in [0.15, 0.2) is 65.8 Å². The number of carbonyl (C=O) groups excluding carboxylic acids is 1. The topological polar surface area (TPSA) is 51.0 Å². The Morgan fingerprint density at radius 2 is 1.64 bits per heavy atom. The third-order valence-electron chi connectivity index (χ3n) is 3.97. The lowest BCUT2D eigenvalue weighted by Gasteiger charge is -2.20. The number of aromatic nitrogens is 3. The highest BCUT2D eigenvalue weighted by molar-refractivity contribution is 8.00. The first kappa shape index (κ1) is 17.2. The number of thioether (sulfide) groups is 1. The maximum atomic E-state index is 12.7. The van der Waals surface area contributed by atoms with Gasteiger partial charge in [-0.1, -0.05) is 60.3 Å². The fourth-order valence-electron chi connectivity index (χ4n) is 2.52. The molecule has 0 fully saturated rings. The standard InChI is InChI=1S/C19H20N4OS/c1-14(18(24)22(2)16-12-8-5-9-13-16)25-19-21-20-17(23(19)3)15-10-6-4-7-11-15/h4-14H,1-3H3. The number of rotatable bonds is 5. The number of para-hydroxylation sites is 1. The number of amides is 1. The van der Waals surface area contributed by atoms with Crippen LogP contribution in [0, 0.1) is 0 Å². The van der Waals surface area contributed by atoms with Gasteiger partial charge in [0.1, 0.15) is 0 Å². The highest BCUT2D eigenvalue weighted by Gasteiger charge is 2.22. The van der Waals surface area contributed by atoms with Crippen molar-refractivity contribution in [3.63, 3.8) is 0 Å². The fraction of sp³-hybridized carbons (Fsp3) is 0.211. The Bertz CT molecular complexity index is 848. The van der Waals surface area contributed by atoms with Gasteiger partial charge in [-0.15, -0.1) is 10.2 Å². The highest BCUT2D eigenvalue weighted by atomic mass is 32.2. The SMILES string of the molecule is CC(Sc1nnc(-c2ccccc2)n1C)C(=O)N(C)c1ccccc1. The van der Waals surface area contributed by atoms with Crippen molar-refractivity contribution in [2.75, 3.05) is 11.9 Å². The van der Waals surface area contributed by atoms with E-state index in [1.54, 1.807) is 11.9 Å². The van der Waals surface area contributed by atoms with Crippen LogP contribution in [0.5, 0.6) is 0 Å². The number of nitrogens with zero attached hydrogens (tertiary/aromatic N) is 4. The highest BCUT2D eigenvalue weighted by Crippen LogP contribution is 2.27. The van der Waals surface area contributed by atoms with Crippen molar-refractivity contribution in [1.82, 2.24) is 14.8 Å². The molecule has 0 aliphatic carbocycles. The van der Waals surface area contributed by atoms with Gasteiger partial charge in [0.05, 0.1) is 5.25 Å². The molecule has 0 aliphatic rings. The Hall–Kier alpha value is -2.60. The van der Waals surface area contributed by atoms with E-state index in [-0.39, 0.29) is 11.2 Å². The van der Waals surface area contributed by atoms with Gasteiger partial charge in [0.25, 0.3) is 0 Å². The molecule has 1 aromatic heterocycles. The van der Waals surface area contributed by atoms with Gasteiger partial charge in [-0.25, -0.2) is 0 Å². The summed E-state index contributed by atoms with van der Waals surface area (Å²) in [4.78, 5) is 14.4. The van der Waals surface area contributed by atoms with Crippen LogP contribution < -0.4 is 4.90 Å². The smallest absolute Gasteiger partial charge is 0.240 e. The molecule has 0 spiro atoms. The zero-order valence-corrected chi connectivity index (χ0v) is 15.3. The van der Waals surface area contributed by atoms with Crippen LogP contribution in [0.2, 0.25) is 0 Å². The summed E-state index contributed by atoms with van der Waals surface area (Å²) in [5, 5.41) is 8.98. The van der Waals surface area contributed by atoms with E-state index in [1.165, 1.54) is 11.8 Å². The minimum atomic E-state index is -0.267. The second-order valence-electron chi connectivity index (χ2n) is 5.72. The Morgan fingerprint density at radius 1 is 1.04 bits per heavy atom. The number of carbonyl (C=O) groups is 1. The molecule has 0 saturated heterocycles. The van der Waals surface area contributed by atoms with E-state index in [9.17, 15) is 4.79 Å². The first-order valence-electron chi connectivity index (χ1n) is 8.02. The van der Waals surface area contributed by atoms with Crippen molar-refractivity contribution in [3.05, 3.63) is 60.7 Å². The normalized spacial score (nSPS) is 12.0. The molecule has 0 saturated carbocycles. The van der Waals surface area contributed by atoms with Gasteiger partial charge in [-0.3, -0.25) is 4.79 Å². The maximum Gasteiger partial charge on any atom is 0.240 e. The van der Waals surface area contributed by atoms with Crippen LogP contribution in [0.3, 0.4) is 0 Å². The predicted molar refractivity (Wildman–Crippen MR) is 102 cm³/mol. The fourth-order valence-corrected chi connectivity index (χ4v) is 3.42. The third-order valence-corrected chi connectivity index (χ3v) is 5.09. The van der Waals surface area contributed by atoms with Crippen molar-refractivity contribution in [2.45, 2.75) is 17.3 Å². The molecule has 0 bridgehead atoms. The van der Waals surface area contributed by atoms with Crippen LogP contribution in [-0.2, 0) is 11.8 Å². The van der Waals surface area contributed by atoms with Gasteiger partial charge >= 0.3 is 0 Å². The lowest BCUT2D eigenvalue weighted by atomic mass is 10.2. The third kappa shape index (κ3) is 3.74. The monoisotopic (exact) mass is 352 g/mol. The van der Waals surface area contributed by atoms with E-state index in [0.29, 0.717) is 0 Å². The van der Waals surface area contributed by atoms with Crippen molar-refractivity contribution >= 4 is 23.4 Å². The summed E-state index contributed by atoms with van der Waals surface area (Å²) >= 11 is 1.41. The number of hydrogen-bond acceptors (Lipinski definition) is 4. The molecule has 1 heterocycles. The van der Waals surface area contributed by atoms with Crippen LogP contribution in [0.1, 0.15) is 6.92 Å². The van der Waals surface area contributed by atoms with Crippen LogP contribution in [0.25, 0.3) is 11.4 Å². The number of anilines is 1. The van der Waals surface area contributed by atoms with Crippen LogP contribution in [0.4, 0.5) is 5.69 Å². The number of hydrogen-bond donors (Lipinski definition) is 0. The molecular formula is C19H20N4OS. The molecule has 0 radical (unpaired) electrons. The molecule has 6 heteroatoms. The lowest BCUT2D eigenvalue weighted by molar-refractivity contribution is -0.117. The number of benzene rings is 2. The molecule has 3 rings (SSSR count). The summed E-state index contributed by atoms with van der Waals surface area (Å²) in [5.74, 6) is 0.819. The van der Waals surface area contributed by atoms with E-state index in [4.69, 9.17) is 0 Å². The molecule has 0 aliphatic heterocycles. The Balaban J connectivity index is 1.74. The minimum Gasteiger partial charge on any atom is -0.315 e. The summed E-state index contributed by atoms with van der Waals surface area (Å²) in [7, 11) is 3.71. The quantitative estimate of drug-likeness (QED) is 0.658. The molecule has 1 amide bonds. The van der Waals surface area contributed by atoms with Crippen molar-refractivity contribution in [2.24, 2.45) is 7.05 Å².